The lowest BCUT2D eigenvalue weighted by Gasteiger charge is -2.36. The summed E-state index contributed by atoms with van der Waals surface area (Å²) in [4.78, 5) is 12.1. The van der Waals surface area contributed by atoms with E-state index in [1.165, 1.54) is 0 Å². The zero-order chi connectivity index (χ0) is 17.3. The fraction of sp³-hybridized carbons (Fsp3) is 0.333. The van der Waals surface area contributed by atoms with Crippen molar-refractivity contribution >= 4 is 41.3 Å². The van der Waals surface area contributed by atoms with E-state index in [4.69, 9.17) is 17.3 Å². The molecule has 3 heterocycles. The van der Waals surface area contributed by atoms with Crippen LogP contribution in [0.4, 0.5) is 30.5 Å². The maximum Gasteiger partial charge on any atom is 0.417 e. The van der Waals surface area contributed by atoms with E-state index >= 15 is 0 Å². The van der Waals surface area contributed by atoms with Crippen LogP contribution in [0, 0.1) is 0 Å². The number of alkyl halides is 3. The summed E-state index contributed by atoms with van der Waals surface area (Å²) in [5.41, 5.74) is 5.66. The molecule has 1 aliphatic rings. The van der Waals surface area contributed by atoms with Crippen LogP contribution in [-0.4, -0.2) is 36.1 Å². The van der Waals surface area contributed by atoms with E-state index < -0.39 is 11.7 Å². The molecule has 0 saturated carbocycles. The van der Waals surface area contributed by atoms with Crippen LogP contribution in [-0.2, 0) is 6.18 Å². The number of aromatic nitrogens is 2. The van der Waals surface area contributed by atoms with Gasteiger partial charge < -0.3 is 15.5 Å². The number of pyridine rings is 2. The van der Waals surface area contributed by atoms with E-state index in [0.29, 0.717) is 43.5 Å². The van der Waals surface area contributed by atoms with E-state index in [2.05, 4.69) is 9.97 Å². The lowest BCUT2D eigenvalue weighted by molar-refractivity contribution is -0.137. The molecule has 2 aromatic heterocycles. The van der Waals surface area contributed by atoms with E-state index in [9.17, 15) is 13.2 Å². The van der Waals surface area contributed by atoms with Crippen molar-refractivity contribution < 1.29 is 13.2 Å². The molecule has 25 heavy (non-hydrogen) atoms. The van der Waals surface area contributed by atoms with Crippen molar-refractivity contribution in [3.05, 3.63) is 41.2 Å². The third-order valence-corrected chi connectivity index (χ3v) is 4.12. The Kier molecular flexibility index (Phi) is 5.84. The predicted octanol–water partition coefficient (Wildman–Crippen LogP) is 3.48. The molecule has 136 valence electrons. The minimum Gasteiger partial charge on any atom is -0.396 e. The van der Waals surface area contributed by atoms with Gasteiger partial charge in [0.25, 0.3) is 0 Å². The van der Waals surface area contributed by atoms with Gasteiger partial charge in [0.05, 0.1) is 16.3 Å². The van der Waals surface area contributed by atoms with Crippen molar-refractivity contribution in [2.24, 2.45) is 0 Å². The molecule has 0 aliphatic carbocycles. The van der Waals surface area contributed by atoms with Crippen LogP contribution in [0.3, 0.4) is 0 Å². The van der Waals surface area contributed by atoms with Gasteiger partial charge in [-0.05, 0) is 18.2 Å². The second kappa shape index (κ2) is 7.53. The van der Waals surface area contributed by atoms with Crippen LogP contribution in [0.5, 0.6) is 0 Å². The molecule has 0 bridgehead atoms. The van der Waals surface area contributed by atoms with Gasteiger partial charge in [0.2, 0.25) is 0 Å². The molecule has 10 heteroatoms. The molecule has 0 aromatic carbocycles. The molecule has 0 atom stereocenters. The molecular weight excluding hydrogens is 378 g/mol. The van der Waals surface area contributed by atoms with E-state index in [-0.39, 0.29) is 17.4 Å². The number of nitrogens with zero attached hydrogens (tertiary/aromatic N) is 4. The number of nitrogen functional groups attached to an aromatic ring is 1. The van der Waals surface area contributed by atoms with Crippen molar-refractivity contribution in [1.29, 1.82) is 0 Å². The summed E-state index contributed by atoms with van der Waals surface area (Å²) in [7, 11) is 0. The molecule has 1 saturated heterocycles. The third kappa shape index (κ3) is 4.19. The van der Waals surface area contributed by atoms with Crippen molar-refractivity contribution in [3.63, 3.8) is 0 Å². The molecule has 0 amide bonds. The lowest BCUT2D eigenvalue weighted by Crippen LogP contribution is -2.47. The van der Waals surface area contributed by atoms with Gasteiger partial charge in [-0.15, -0.1) is 12.4 Å². The second-order valence-electron chi connectivity index (χ2n) is 5.42. The third-order valence-electron chi connectivity index (χ3n) is 3.84. The van der Waals surface area contributed by atoms with Gasteiger partial charge in [-0.2, -0.15) is 13.2 Å². The zero-order valence-corrected chi connectivity index (χ0v) is 14.6. The molecule has 2 aromatic rings. The Morgan fingerprint density at radius 3 is 2.16 bits per heavy atom. The standard InChI is InChI=1S/C15H15ClF3N5.ClH/c16-11-8-10(15(17,18)19)9-22-13(11)23-4-6-24(7-5-23)14-12(20)2-1-3-21-14;/h1-3,8-9H,4-7,20H2;1H. The molecule has 0 spiro atoms. The fourth-order valence-corrected chi connectivity index (χ4v) is 2.91. The second-order valence-corrected chi connectivity index (χ2v) is 5.82. The summed E-state index contributed by atoms with van der Waals surface area (Å²) in [6.45, 7) is 2.38. The van der Waals surface area contributed by atoms with Crippen molar-refractivity contribution in [3.8, 4) is 0 Å². The first-order valence-electron chi connectivity index (χ1n) is 7.29. The summed E-state index contributed by atoms with van der Waals surface area (Å²) in [5.74, 6) is 1.07. The minimum atomic E-state index is -4.45. The van der Waals surface area contributed by atoms with Gasteiger partial charge in [-0.25, -0.2) is 9.97 Å². The van der Waals surface area contributed by atoms with Crippen molar-refractivity contribution in [2.45, 2.75) is 6.18 Å². The van der Waals surface area contributed by atoms with Gasteiger partial charge >= 0.3 is 6.18 Å². The molecule has 0 unspecified atom stereocenters. The van der Waals surface area contributed by atoms with Crippen LogP contribution < -0.4 is 15.5 Å². The van der Waals surface area contributed by atoms with Gasteiger partial charge in [-0.1, -0.05) is 11.6 Å². The molecule has 0 radical (unpaired) electrons. The minimum absolute atomic E-state index is 0. The monoisotopic (exact) mass is 393 g/mol. The van der Waals surface area contributed by atoms with E-state index in [1.807, 2.05) is 9.80 Å². The van der Waals surface area contributed by atoms with E-state index in [0.717, 1.165) is 12.3 Å². The predicted molar refractivity (Wildman–Crippen MR) is 94.6 cm³/mol. The molecule has 5 nitrogen and oxygen atoms in total. The fourth-order valence-electron chi connectivity index (χ4n) is 2.62. The highest BCUT2D eigenvalue weighted by Gasteiger charge is 2.32. The molecule has 1 aliphatic heterocycles. The number of nitrogens with two attached hydrogens (primary N) is 1. The summed E-state index contributed by atoms with van der Waals surface area (Å²) in [6, 6.07) is 4.46. The zero-order valence-electron chi connectivity index (χ0n) is 13.0. The van der Waals surface area contributed by atoms with Crippen LogP contribution in [0.2, 0.25) is 5.02 Å². The number of halogens is 5. The Morgan fingerprint density at radius 1 is 1.04 bits per heavy atom. The topological polar surface area (TPSA) is 58.3 Å². The Morgan fingerprint density at radius 2 is 1.64 bits per heavy atom. The number of rotatable bonds is 2. The van der Waals surface area contributed by atoms with E-state index in [1.54, 1.807) is 18.3 Å². The van der Waals surface area contributed by atoms with Crippen molar-refractivity contribution in [1.82, 2.24) is 9.97 Å². The average Bonchev–Trinajstić information content (AvgIpc) is 2.55. The highest BCUT2D eigenvalue weighted by molar-refractivity contribution is 6.33. The average molecular weight is 394 g/mol. The van der Waals surface area contributed by atoms with Crippen LogP contribution >= 0.6 is 24.0 Å². The normalized spacial score (nSPS) is 15.0. The first-order chi connectivity index (χ1) is 11.4. The molecule has 3 rings (SSSR count). The summed E-state index contributed by atoms with van der Waals surface area (Å²) >= 11 is 6.00. The van der Waals surface area contributed by atoms with Crippen LogP contribution in [0.15, 0.2) is 30.6 Å². The molecule has 2 N–H and O–H groups in total. The first kappa shape index (κ1) is 19.4. The Hall–Kier alpha value is -1.93. The molecular formula is C15H16Cl2F3N5. The Bertz CT molecular complexity index is 733. The first-order valence-corrected chi connectivity index (χ1v) is 7.67. The summed E-state index contributed by atoms with van der Waals surface area (Å²) < 4.78 is 38.0. The Labute approximate surface area is 154 Å². The number of piperazine rings is 1. The van der Waals surface area contributed by atoms with Crippen LogP contribution in [0.1, 0.15) is 5.56 Å². The van der Waals surface area contributed by atoms with Gasteiger partial charge in [0.15, 0.2) is 5.82 Å². The van der Waals surface area contributed by atoms with Crippen molar-refractivity contribution in [2.75, 3.05) is 41.7 Å². The van der Waals surface area contributed by atoms with Gasteiger partial charge in [0, 0.05) is 38.6 Å². The molecule has 1 fully saturated rings. The SMILES string of the molecule is Cl.Nc1cccnc1N1CCN(c2ncc(C(F)(F)F)cc2Cl)CC1. The van der Waals surface area contributed by atoms with Crippen LogP contribution in [0.25, 0.3) is 0 Å². The maximum absolute atomic E-state index is 12.7. The summed E-state index contributed by atoms with van der Waals surface area (Å²) in [6.07, 6.45) is -1.97. The quantitative estimate of drug-likeness (QED) is 0.846. The maximum atomic E-state index is 12.7. The number of hydrogen-bond donors (Lipinski definition) is 1. The summed E-state index contributed by atoms with van der Waals surface area (Å²) in [5, 5.41) is -0.00405. The van der Waals surface area contributed by atoms with Gasteiger partial charge in [-0.3, -0.25) is 0 Å². The highest BCUT2D eigenvalue weighted by atomic mass is 35.5. The largest absolute Gasteiger partial charge is 0.417 e. The Balaban J connectivity index is 0.00000225. The van der Waals surface area contributed by atoms with Gasteiger partial charge in [0.1, 0.15) is 5.82 Å². The highest BCUT2D eigenvalue weighted by Crippen LogP contribution is 2.34. The smallest absolute Gasteiger partial charge is 0.396 e. The number of anilines is 3. The lowest BCUT2D eigenvalue weighted by atomic mass is 10.2. The number of hydrogen-bond acceptors (Lipinski definition) is 5.